The van der Waals surface area contributed by atoms with E-state index in [2.05, 4.69) is 51.0 Å². The molecular weight excluding hydrogens is 322 g/mol. The molecule has 130 valence electrons. The second-order valence-electron chi connectivity index (χ2n) is 6.22. The summed E-state index contributed by atoms with van der Waals surface area (Å²) in [6.07, 6.45) is 0. The van der Waals surface area contributed by atoms with E-state index < -0.39 is 0 Å². The van der Waals surface area contributed by atoms with Crippen molar-refractivity contribution >= 4 is 22.5 Å². The van der Waals surface area contributed by atoms with Crippen molar-refractivity contribution in [2.45, 2.75) is 6.92 Å². The molecule has 0 saturated heterocycles. The van der Waals surface area contributed by atoms with Gasteiger partial charge in [-0.15, -0.1) is 0 Å². The number of fused-ring (bicyclic) bond motifs is 1. The molecule has 0 saturated carbocycles. The average Bonchev–Trinajstić information content (AvgIpc) is 3.00. The fraction of sp³-hybridized carbons (Fsp3) is 0.143. The summed E-state index contributed by atoms with van der Waals surface area (Å²) in [5.41, 5.74) is 12.0. The largest absolute Gasteiger partial charge is 0.385 e. The van der Waals surface area contributed by atoms with Crippen LogP contribution in [-0.2, 0) is 7.05 Å². The van der Waals surface area contributed by atoms with E-state index in [4.69, 9.17) is 5.73 Å². The van der Waals surface area contributed by atoms with E-state index in [9.17, 15) is 0 Å². The smallest absolute Gasteiger partial charge is 0.221 e. The van der Waals surface area contributed by atoms with Crippen molar-refractivity contribution in [3.8, 4) is 22.6 Å². The number of hydrogen-bond donors (Lipinski definition) is 2. The summed E-state index contributed by atoms with van der Waals surface area (Å²) in [5, 5.41) is 4.59. The van der Waals surface area contributed by atoms with Crippen LogP contribution in [0.2, 0.25) is 0 Å². The van der Waals surface area contributed by atoms with Gasteiger partial charge in [0.2, 0.25) is 5.95 Å². The minimum Gasteiger partial charge on any atom is -0.385 e. The third kappa shape index (κ3) is 2.77. The predicted octanol–water partition coefficient (Wildman–Crippen LogP) is 4.32. The molecule has 4 aromatic rings. The molecule has 0 amide bonds. The Morgan fingerprint density at radius 3 is 2.50 bits per heavy atom. The number of benzene rings is 2. The second-order valence-corrected chi connectivity index (χ2v) is 6.22. The van der Waals surface area contributed by atoms with Crippen molar-refractivity contribution in [2.24, 2.45) is 7.05 Å². The minimum absolute atomic E-state index is 0.276. The van der Waals surface area contributed by atoms with Gasteiger partial charge in [-0.05, 0) is 31.2 Å². The molecule has 0 bridgehead atoms. The van der Waals surface area contributed by atoms with Gasteiger partial charge >= 0.3 is 0 Å². The average molecular weight is 343 g/mol. The highest BCUT2D eigenvalue weighted by atomic mass is 15.0. The highest BCUT2D eigenvalue weighted by molar-refractivity contribution is 5.96. The van der Waals surface area contributed by atoms with Gasteiger partial charge in [0, 0.05) is 30.2 Å². The van der Waals surface area contributed by atoms with Crippen LogP contribution in [0.25, 0.3) is 33.5 Å². The zero-order valence-corrected chi connectivity index (χ0v) is 14.9. The summed E-state index contributed by atoms with van der Waals surface area (Å²) in [5.74, 6) is 0.276. The fourth-order valence-electron chi connectivity index (χ4n) is 3.30. The van der Waals surface area contributed by atoms with E-state index in [1.807, 2.05) is 43.4 Å². The van der Waals surface area contributed by atoms with E-state index >= 15 is 0 Å². The van der Waals surface area contributed by atoms with Crippen molar-refractivity contribution < 1.29 is 0 Å². The zero-order valence-electron chi connectivity index (χ0n) is 14.9. The fourth-order valence-corrected chi connectivity index (χ4v) is 3.30. The molecule has 5 heteroatoms. The first kappa shape index (κ1) is 16.1. The molecule has 0 aliphatic carbocycles. The summed E-state index contributed by atoms with van der Waals surface area (Å²) in [6.45, 7) is 2.97. The summed E-state index contributed by atoms with van der Waals surface area (Å²) in [7, 11) is 2.05. The molecule has 0 atom stereocenters. The zero-order chi connectivity index (χ0) is 18.1. The first-order valence-corrected chi connectivity index (χ1v) is 8.70. The van der Waals surface area contributed by atoms with Crippen LogP contribution in [0.4, 0.5) is 11.6 Å². The molecule has 3 N–H and O–H groups in total. The summed E-state index contributed by atoms with van der Waals surface area (Å²) in [6, 6.07) is 20.4. The Kier molecular flexibility index (Phi) is 4.05. The van der Waals surface area contributed by atoms with E-state index in [0.29, 0.717) is 0 Å². The molecular formula is C21H21N5. The van der Waals surface area contributed by atoms with E-state index in [1.165, 1.54) is 5.39 Å². The quantitative estimate of drug-likeness (QED) is 0.579. The molecule has 26 heavy (non-hydrogen) atoms. The van der Waals surface area contributed by atoms with E-state index in [0.717, 1.165) is 40.4 Å². The SMILES string of the molecule is CCNc1cccc2c1cc(-c1cc(-c3ccccc3)nc(N)n1)n2C. The van der Waals surface area contributed by atoms with Gasteiger partial charge in [-0.25, -0.2) is 9.97 Å². The van der Waals surface area contributed by atoms with Crippen LogP contribution < -0.4 is 11.1 Å². The third-order valence-corrected chi connectivity index (χ3v) is 4.53. The monoisotopic (exact) mass is 343 g/mol. The van der Waals surface area contributed by atoms with Crippen molar-refractivity contribution in [3.63, 3.8) is 0 Å². The van der Waals surface area contributed by atoms with E-state index in [-0.39, 0.29) is 5.95 Å². The number of nitrogens with two attached hydrogens (primary N) is 1. The normalized spacial score (nSPS) is 11.0. The standard InChI is InChI=1S/C21H21N5/c1-3-23-16-10-7-11-19-15(16)12-20(26(19)2)18-13-17(24-21(22)25-18)14-8-5-4-6-9-14/h4-13,23H,3H2,1-2H3,(H2,22,24,25). The molecule has 5 nitrogen and oxygen atoms in total. The lowest BCUT2D eigenvalue weighted by Gasteiger charge is -2.08. The van der Waals surface area contributed by atoms with E-state index in [1.54, 1.807) is 0 Å². The van der Waals surface area contributed by atoms with Gasteiger partial charge in [0.25, 0.3) is 0 Å². The van der Waals surface area contributed by atoms with Crippen LogP contribution in [0.3, 0.4) is 0 Å². The van der Waals surface area contributed by atoms with Crippen molar-refractivity contribution in [1.29, 1.82) is 0 Å². The van der Waals surface area contributed by atoms with Crippen LogP contribution in [0.15, 0.2) is 60.7 Å². The summed E-state index contributed by atoms with van der Waals surface area (Å²) in [4.78, 5) is 8.89. The van der Waals surface area contributed by atoms with Crippen molar-refractivity contribution in [3.05, 3.63) is 60.7 Å². The predicted molar refractivity (Wildman–Crippen MR) is 108 cm³/mol. The van der Waals surface area contributed by atoms with Gasteiger partial charge in [0.15, 0.2) is 0 Å². The molecule has 0 fully saturated rings. The van der Waals surface area contributed by atoms with Crippen molar-refractivity contribution in [2.75, 3.05) is 17.6 Å². The minimum atomic E-state index is 0.276. The van der Waals surface area contributed by atoms with Gasteiger partial charge in [0.05, 0.1) is 22.6 Å². The molecule has 0 aliphatic heterocycles. The number of anilines is 2. The van der Waals surface area contributed by atoms with Gasteiger partial charge in [-0.3, -0.25) is 0 Å². The Morgan fingerprint density at radius 2 is 1.73 bits per heavy atom. The van der Waals surface area contributed by atoms with Crippen LogP contribution in [0.5, 0.6) is 0 Å². The maximum Gasteiger partial charge on any atom is 0.221 e. The number of aryl methyl sites for hydroxylation is 1. The Labute approximate surface area is 152 Å². The Morgan fingerprint density at radius 1 is 0.962 bits per heavy atom. The number of aromatic nitrogens is 3. The van der Waals surface area contributed by atoms with Gasteiger partial charge in [0.1, 0.15) is 0 Å². The third-order valence-electron chi connectivity index (χ3n) is 4.53. The van der Waals surface area contributed by atoms with Gasteiger partial charge in [-0.1, -0.05) is 36.4 Å². The van der Waals surface area contributed by atoms with Gasteiger partial charge in [-0.2, -0.15) is 0 Å². The molecule has 2 aromatic carbocycles. The molecule has 0 spiro atoms. The molecule has 0 unspecified atom stereocenters. The molecule has 4 rings (SSSR count). The van der Waals surface area contributed by atoms with Crippen LogP contribution >= 0.6 is 0 Å². The number of nitrogens with one attached hydrogen (secondary N) is 1. The highest BCUT2D eigenvalue weighted by Crippen LogP contribution is 2.32. The lowest BCUT2D eigenvalue weighted by atomic mass is 10.1. The topological polar surface area (TPSA) is 68.8 Å². The number of nitrogens with zero attached hydrogens (tertiary/aromatic N) is 3. The number of nitrogen functional groups attached to an aromatic ring is 1. The number of rotatable bonds is 4. The summed E-state index contributed by atoms with van der Waals surface area (Å²) >= 11 is 0. The van der Waals surface area contributed by atoms with Crippen LogP contribution in [-0.4, -0.2) is 21.1 Å². The Bertz CT molecular complexity index is 1070. The van der Waals surface area contributed by atoms with Crippen molar-refractivity contribution in [1.82, 2.24) is 14.5 Å². The first-order valence-electron chi connectivity index (χ1n) is 8.70. The van der Waals surface area contributed by atoms with Gasteiger partial charge < -0.3 is 15.6 Å². The van der Waals surface area contributed by atoms with Crippen LogP contribution in [0, 0.1) is 0 Å². The summed E-state index contributed by atoms with van der Waals surface area (Å²) < 4.78 is 2.15. The highest BCUT2D eigenvalue weighted by Gasteiger charge is 2.14. The Balaban J connectivity index is 1.89. The van der Waals surface area contributed by atoms with Crippen LogP contribution in [0.1, 0.15) is 6.92 Å². The maximum atomic E-state index is 6.01. The molecule has 2 aromatic heterocycles. The second kappa shape index (κ2) is 6.52. The number of hydrogen-bond acceptors (Lipinski definition) is 4. The molecule has 0 aliphatic rings. The Hall–Kier alpha value is -3.34. The molecule has 2 heterocycles. The maximum absolute atomic E-state index is 6.01. The lowest BCUT2D eigenvalue weighted by molar-refractivity contribution is 0.968. The first-order chi connectivity index (χ1) is 12.7. The lowest BCUT2D eigenvalue weighted by Crippen LogP contribution is -2.01. The molecule has 0 radical (unpaired) electrons.